The molecule has 0 saturated heterocycles. The summed E-state index contributed by atoms with van der Waals surface area (Å²) in [5.74, 6) is 2.05. The van der Waals surface area contributed by atoms with E-state index in [-0.39, 0.29) is 0 Å². The summed E-state index contributed by atoms with van der Waals surface area (Å²) in [6.07, 6.45) is 9.51. The molecule has 0 amide bonds. The fraction of sp³-hybridized carbons (Fsp3) is 0.700. The zero-order valence-corrected chi connectivity index (χ0v) is 97.2. The van der Waals surface area contributed by atoms with Crippen molar-refractivity contribution in [1.29, 1.82) is 0 Å². The SMILES string of the molecule is CCC(C)(O)c1c(C)c(C(C)(O)CC)c(C)c(C(C)(O)CC)c1C.CCC(C)(O)c1cc(C(C)(O)CC)c(C)c(C(C)(O)CC)c1C.CCC(C)(O)c1cc(C(C)(O)CC)c(OC)c(C(C)(O)CC)c1.CCOc1c(C(C)(O)CC)cc(C(C)(O)CC)cc1C(C)(O)CC.CCOc1c(C(C)(O)CC)cc(C(C)(O)CC)cc1C(C)(O)CC.CCOc1c(C(C)(O)CC)cc(C(C)(O)CC)cc1C(C)(O)CC. The highest BCUT2D eigenvalue weighted by Crippen LogP contribution is 2.52. The van der Waals surface area contributed by atoms with Gasteiger partial charge in [-0.05, 0) is 434 Å². The lowest BCUT2D eigenvalue weighted by Gasteiger charge is -2.38. The van der Waals surface area contributed by atoms with E-state index < -0.39 is 101 Å². The predicted octanol–water partition coefficient (Wildman–Crippen LogP) is 24.0. The molecule has 22 heteroatoms. The Morgan fingerprint density at radius 1 is 0.162 bits per heavy atom. The van der Waals surface area contributed by atoms with Gasteiger partial charge in [-0.25, -0.2) is 0 Å². The molecule has 6 aromatic carbocycles. The maximum Gasteiger partial charge on any atom is 0.131 e. The van der Waals surface area contributed by atoms with Crippen LogP contribution in [-0.4, -0.2) is 119 Å². The summed E-state index contributed by atoms with van der Waals surface area (Å²) in [5.41, 5.74) is -1.88. The van der Waals surface area contributed by atoms with E-state index in [1.165, 1.54) is 7.11 Å². The van der Waals surface area contributed by atoms with Gasteiger partial charge in [-0.1, -0.05) is 125 Å². The highest BCUT2D eigenvalue weighted by atomic mass is 16.5. The second-order valence-electron chi connectivity index (χ2n) is 44.0. The van der Waals surface area contributed by atoms with Crippen LogP contribution in [0.15, 0.2) is 54.6 Å². The van der Waals surface area contributed by atoms with Crippen LogP contribution < -0.4 is 18.9 Å². The van der Waals surface area contributed by atoms with E-state index in [9.17, 15) is 91.9 Å². The van der Waals surface area contributed by atoms with Crippen LogP contribution in [0.5, 0.6) is 23.0 Å². The van der Waals surface area contributed by atoms with Gasteiger partial charge in [0.15, 0.2) is 0 Å². The van der Waals surface area contributed by atoms with E-state index in [2.05, 4.69) is 0 Å². The summed E-state index contributed by atoms with van der Waals surface area (Å²) >= 11 is 0. The molecule has 0 fully saturated rings. The van der Waals surface area contributed by atoms with Gasteiger partial charge in [0.05, 0.1) is 128 Å². The number of ether oxygens (including phenoxy) is 4. The number of rotatable bonds is 43. The van der Waals surface area contributed by atoms with Crippen molar-refractivity contribution >= 4 is 0 Å². The predicted molar refractivity (Wildman–Crippen MR) is 580 cm³/mol. The highest BCUT2D eigenvalue weighted by molar-refractivity contribution is 5.59. The minimum Gasteiger partial charge on any atom is -0.496 e. The molecule has 18 N–H and O–H groups in total. The first-order valence-electron chi connectivity index (χ1n) is 53.0. The van der Waals surface area contributed by atoms with Crippen LogP contribution in [0.2, 0.25) is 0 Å². The van der Waals surface area contributed by atoms with Crippen molar-refractivity contribution in [3.05, 3.63) is 183 Å². The standard InChI is InChI=1S/C21H36O3.3C20H34O4.C20H34O3.C19H32O4/c1-10-19(7,22)16-13(4)17(20(8,23)11-2)15(6)18(14(16)5)21(9,24)12-3;3*1-8-18(5,21)14-12-15(19(6,22)9-2)17(24-11-4)16(13-14)20(7,23)10-3;1-9-18(6,21)15-12-16(19(7,22)10-2)14(5)17(13(15)4)20(8,23)11-3;1-8-17(4,20)13-11-14(18(5,21)9-2)16(23-7)15(12-13)19(6,22)10-3/h22-24H,10-12H2,1-9H3;3*12-13,21-23H,8-11H2,1-7H3;12,21-23H,9-11H2,1-8H3;11-12,20-22H,8-10H2,1-7H3. The third kappa shape index (κ3) is 31.2. The molecule has 0 aliphatic rings. The van der Waals surface area contributed by atoms with E-state index in [0.29, 0.717) is 225 Å². The van der Waals surface area contributed by atoms with E-state index in [0.717, 1.165) is 61.2 Å². The fourth-order valence-electron chi connectivity index (χ4n) is 18.0. The Morgan fingerprint density at radius 3 is 0.401 bits per heavy atom. The van der Waals surface area contributed by atoms with Crippen molar-refractivity contribution in [3.63, 3.8) is 0 Å². The molecule has 0 aliphatic heterocycles. The molecule has 0 aromatic heterocycles. The normalized spacial score (nSPS) is 19.4. The maximum atomic E-state index is 11.0. The molecule has 0 saturated carbocycles. The van der Waals surface area contributed by atoms with Gasteiger partial charge in [0, 0.05) is 44.5 Å². The number of benzene rings is 6. The number of methoxy groups -OCH3 is 1. The van der Waals surface area contributed by atoms with E-state index in [1.54, 1.807) is 116 Å². The molecule has 0 heterocycles. The lowest BCUT2D eigenvalue weighted by Crippen LogP contribution is -2.33. The number of aliphatic hydroxyl groups is 18. The zero-order valence-electron chi connectivity index (χ0n) is 97.2. The molecule has 0 bridgehead atoms. The van der Waals surface area contributed by atoms with E-state index in [4.69, 9.17) is 18.9 Å². The average Bonchev–Trinajstić information content (AvgIpc) is 0.704. The second-order valence-corrected chi connectivity index (χ2v) is 44.0. The lowest BCUT2D eigenvalue weighted by molar-refractivity contribution is 0.0336. The van der Waals surface area contributed by atoms with Crippen molar-refractivity contribution in [1.82, 2.24) is 0 Å². The number of hydrogen-bond acceptors (Lipinski definition) is 22. The van der Waals surface area contributed by atoms with Gasteiger partial charge in [0.25, 0.3) is 0 Å². The minimum atomic E-state index is -1.11. The Morgan fingerprint density at radius 2 is 0.282 bits per heavy atom. The third-order valence-electron chi connectivity index (χ3n) is 32.4. The summed E-state index contributed by atoms with van der Waals surface area (Å²) in [6.45, 7) is 82.9. The molecule has 816 valence electrons. The van der Waals surface area contributed by atoms with Crippen LogP contribution in [-0.2, 0) is 101 Å². The van der Waals surface area contributed by atoms with Crippen LogP contribution in [0.1, 0.15) is 514 Å². The van der Waals surface area contributed by atoms with Crippen LogP contribution >= 0.6 is 0 Å². The molecule has 22 nitrogen and oxygen atoms in total. The Bertz CT molecular complexity index is 4460. The van der Waals surface area contributed by atoms with Crippen molar-refractivity contribution in [3.8, 4) is 23.0 Å². The smallest absolute Gasteiger partial charge is 0.131 e. The summed E-state index contributed by atoms with van der Waals surface area (Å²) in [5, 5.41) is 195. The first kappa shape index (κ1) is 134. The summed E-state index contributed by atoms with van der Waals surface area (Å²) in [4.78, 5) is 0. The summed E-state index contributed by atoms with van der Waals surface area (Å²) in [7, 11) is 1.54. The Hall–Kier alpha value is -6.20. The topological polar surface area (TPSA) is 401 Å². The van der Waals surface area contributed by atoms with Crippen molar-refractivity contribution in [2.75, 3.05) is 26.9 Å². The highest BCUT2D eigenvalue weighted by Gasteiger charge is 2.45. The van der Waals surface area contributed by atoms with Gasteiger partial charge >= 0.3 is 0 Å². The maximum absolute atomic E-state index is 11.0. The average molecular weight is 2000 g/mol. The monoisotopic (exact) mass is 2000 g/mol. The van der Waals surface area contributed by atoms with Crippen molar-refractivity contribution in [2.24, 2.45) is 0 Å². The quantitative estimate of drug-likeness (QED) is 0.0169. The van der Waals surface area contributed by atoms with Crippen molar-refractivity contribution < 1.29 is 111 Å². The van der Waals surface area contributed by atoms with Gasteiger partial charge in [0.2, 0.25) is 0 Å². The Kier molecular flexibility index (Phi) is 48.4. The molecule has 18 atom stereocenters. The van der Waals surface area contributed by atoms with E-state index >= 15 is 0 Å². The Labute approximate surface area is 859 Å². The van der Waals surface area contributed by atoms with Crippen LogP contribution in [0, 0.1) is 34.6 Å². The molecular weight excluding hydrogens is 1790 g/mol. The van der Waals surface area contributed by atoms with Crippen LogP contribution in [0.25, 0.3) is 0 Å². The van der Waals surface area contributed by atoms with Gasteiger partial charge < -0.3 is 111 Å². The molecule has 0 aliphatic carbocycles. The first-order valence-corrected chi connectivity index (χ1v) is 53.0. The van der Waals surface area contributed by atoms with Gasteiger partial charge in [0.1, 0.15) is 23.0 Å². The third-order valence-corrected chi connectivity index (χ3v) is 32.4. The number of hydrogen-bond donors (Lipinski definition) is 18. The van der Waals surface area contributed by atoms with Crippen LogP contribution in [0.4, 0.5) is 0 Å². The summed E-state index contributed by atoms with van der Waals surface area (Å²) in [6, 6.07) is 16.4. The van der Waals surface area contributed by atoms with Gasteiger partial charge in [-0.15, -0.1) is 0 Å². The Balaban J connectivity index is 0.000000852. The molecule has 142 heavy (non-hydrogen) atoms. The molecule has 18 unspecified atom stereocenters. The molecule has 6 aromatic rings. The van der Waals surface area contributed by atoms with Gasteiger partial charge in [-0.3, -0.25) is 0 Å². The molecule has 0 radical (unpaired) electrons. The minimum absolute atomic E-state index is 0.434. The van der Waals surface area contributed by atoms with E-state index in [1.807, 2.05) is 243 Å². The molecular formula is C120H204O22. The zero-order chi connectivity index (χ0) is 112. The molecule has 0 spiro atoms. The van der Waals surface area contributed by atoms with Gasteiger partial charge in [-0.2, -0.15) is 0 Å². The largest absolute Gasteiger partial charge is 0.496 e. The van der Waals surface area contributed by atoms with Crippen LogP contribution in [0.3, 0.4) is 0 Å². The molecule has 6 rings (SSSR count). The first-order chi connectivity index (χ1) is 64.5. The van der Waals surface area contributed by atoms with Crippen molar-refractivity contribution in [2.45, 2.75) is 521 Å². The lowest BCUT2D eigenvalue weighted by atomic mass is 9.72. The summed E-state index contributed by atoms with van der Waals surface area (Å²) < 4.78 is 23.1. The fourth-order valence-corrected chi connectivity index (χ4v) is 18.0. The second kappa shape index (κ2) is 51.3.